The number of benzene rings is 1. The van der Waals surface area contributed by atoms with Gasteiger partial charge in [0.05, 0.1) is 6.10 Å². The van der Waals surface area contributed by atoms with E-state index >= 15 is 0 Å². The first kappa shape index (κ1) is 15.8. The number of ether oxygens (including phenoxy) is 2. The van der Waals surface area contributed by atoms with Crippen molar-refractivity contribution in [2.24, 2.45) is 11.7 Å². The molecule has 0 bridgehead atoms. The van der Waals surface area contributed by atoms with Gasteiger partial charge >= 0.3 is 0 Å². The van der Waals surface area contributed by atoms with Gasteiger partial charge in [0, 0.05) is 31.3 Å². The first-order valence-corrected chi connectivity index (χ1v) is 7.55. The van der Waals surface area contributed by atoms with Crippen molar-refractivity contribution in [1.82, 2.24) is 0 Å². The van der Waals surface area contributed by atoms with Crippen LogP contribution in [0.2, 0.25) is 0 Å². The minimum atomic E-state index is 0.0472. The lowest BCUT2D eigenvalue weighted by molar-refractivity contribution is -0.119. The highest BCUT2D eigenvalue weighted by Gasteiger charge is 2.30. The summed E-state index contributed by atoms with van der Waals surface area (Å²) in [5, 5.41) is 2.91. The SMILES string of the molecule is CCOC1CC(CC(=O)Nc2cccc(OCCN)c2)C1. The second kappa shape index (κ2) is 8.00. The number of carbonyl (C=O) groups is 1. The number of amides is 1. The van der Waals surface area contributed by atoms with E-state index in [0.29, 0.717) is 31.6 Å². The summed E-state index contributed by atoms with van der Waals surface area (Å²) in [6.45, 7) is 3.69. The summed E-state index contributed by atoms with van der Waals surface area (Å²) in [5.41, 5.74) is 6.16. The average molecular weight is 292 g/mol. The molecule has 0 saturated heterocycles. The fourth-order valence-corrected chi connectivity index (χ4v) is 2.53. The summed E-state index contributed by atoms with van der Waals surface area (Å²) in [7, 11) is 0. The van der Waals surface area contributed by atoms with Crippen LogP contribution in [0.3, 0.4) is 0 Å². The van der Waals surface area contributed by atoms with Crippen LogP contribution in [0.5, 0.6) is 5.75 Å². The molecular weight excluding hydrogens is 268 g/mol. The van der Waals surface area contributed by atoms with Crippen molar-refractivity contribution in [3.63, 3.8) is 0 Å². The molecule has 1 aromatic rings. The number of rotatable bonds is 8. The van der Waals surface area contributed by atoms with E-state index < -0.39 is 0 Å². The van der Waals surface area contributed by atoms with Crippen LogP contribution in [0.4, 0.5) is 5.69 Å². The number of anilines is 1. The first-order valence-electron chi connectivity index (χ1n) is 7.55. The summed E-state index contributed by atoms with van der Waals surface area (Å²) in [4.78, 5) is 12.0. The summed E-state index contributed by atoms with van der Waals surface area (Å²) in [5.74, 6) is 1.21. The third-order valence-electron chi connectivity index (χ3n) is 3.57. The molecule has 0 heterocycles. The Morgan fingerprint density at radius 3 is 2.95 bits per heavy atom. The van der Waals surface area contributed by atoms with E-state index in [4.69, 9.17) is 15.2 Å². The molecule has 1 aliphatic carbocycles. The first-order chi connectivity index (χ1) is 10.2. The minimum absolute atomic E-state index is 0.0472. The second-order valence-electron chi connectivity index (χ2n) is 5.33. The molecule has 1 aliphatic rings. The van der Waals surface area contributed by atoms with E-state index in [0.717, 1.165) is 30.9 Å². The van der Waals surface area contributed by atoms with Crippen LogP contribution in [-0.4, -0.2) is 31.8 Å². The molecule has 0 aromatic heterocycles. The van der Waals surface area contributed by atoms with Crippen LogP contribution >= 0.6 is 0 Å². The number of hydrogen-bond acceptors (Lipinski definition) is 4. The summed E-state index contributed by atoms with van der Waals surface area (Å²) >= 11 is 0. The van der Waals surface area contributed by atoms with E-state index in [-0.39, 0.29) is 5.91 Å². The van der Waals surface area contributed by atoms with E-state index in [1.54, 1.807) is 0 Å². The van der Waals surface area contributed by atoms with Gasteiger partial charge < -0.3 is 20.5 Å². The molecule has 116 valence electrons. The Hall–Kier alpha value is -1.59. The normalized spacial score (nSPS) is 20.7. The maximum atomic E-state index is 12.0. The second-order valence-corrected chi connectivity index (χ2v) is 5.33. The van der Waals surface area contributed by atoms with Crippen molar-refractivity contribution in [2.45, 2.75) is 32.3 Å². The fourth-order valence-electron chi connectivity index (χ4n) is 2.53. The third-order valence-corrected chi connectivity index (χ3v) is 3.57. The topological polar surface area (TPSA) is 73.6 Å². The number of nitrogens with one attached hydrogen (secondary N) is 1. The van der Waals surface area contributed by atoms with Crippen molar-refractivity contribution in [3.05, 3.63) is 24.3 Å². The van der Waals surface area contributed by atoms with Crippen molar-refractivity contribution >= 4 is 11.6 Å². The molecule has 1 aromatic carbocycles. The molecule has 5 heteroatoms. The molecule has 0 spiro atoms. The van der Waals surface area contributed by atoms with Gasteiger partial charge in [0.25, 0.3) is 0 Å². The van der Waals surface area contributed by atoms with Crippen LogP contribution in [-0.2, 0) is 9.53 Å². The maximum Gasteiger partial charge on any atom is 0.224 e. The van der Waals surface area contributed by atoms with Gasteiger partial charge in [-0.25, -0.2) is 0 Å². The van der Waals surface area contributed by atoms with Crippen LogP contribution in [0.15, 0.2) is 24.3 Å². The third kappa shape index (κ3) is 5.02. The molecule has 5 nitrogen and oxygen atoms in total. The van der Waals surface area contributed by atoms with Crippen LogP contribution in [0.1, 0.15) is 26.2 Å². The Morgan fingerprint density at radius 2 is 2.24 bits per heavy atom. The summed E-state index contributed by atoms with van der Waals surface area (Å²) in [6.07, 6.45) is 2.88. The Morgan fingerprint density at radius 1 is 1.43 bits per heavy atom. The van der Waals surface area contributed by atoms with Crippen molar-refractivity contribution < 1.29 is 14.3 Å². The predicted molar refractivity (Wildman–Crippen MR) is 82.4 cm³/mol. The smallest absolute Gasteiger partial charge is 0.224 e. The van der Waals surface area contributed by atoms with Gasteiger partial charge in [0.2, 0.25) is 5.91 Å². The lowest BCUT2D eigenvalue weighted by Crippen LogP contribution is -2.33. The minimum Gasteiger partial charge on any atom is -0.492 e. The van der Waals surface area contributed by atoms with E-state index in [1.807, 2.05) is 31.2 Å². The van der Waals surface area contributed by atoms with Gasteiger partial charge in [-0.1, -0.05) is 6.07 Å². The van der Waals surface area contributed by atoms with Crippen molar-refractivity contribution in [2.75, 3.05) is 25.1 Å². The predicted octanol–water partition coefficient (Wildman–Crippen LogP) is 2.17. The highest BCUT2D eigenvalue weighted by Crippen LogP contribution is 2.33. The molecule has 0 radical (unpaired) electrons. The molecule has 3 N–H and O–H groups in total. The summed E-state index contributed by atoms with van der Waals surface area (Å²) < 4.78 is 10.9. The standard InChI is InChI=1S/C16H24N2O3/c1-2-20-15-8-12(9-15)10-16(19)18-13-4-3-5-14(11-13)21-7-6-17/h3-5,11-12,15H,2,6-10,17H2,1H3,(H,18,19). The monoisotopic (exact) mass is 292 g/mol. The Labute approximate surface area is 125 Å². The lowest BCUT2D eigenvalue weighted by Gasteiger charge is -2.34. The summed E-state index contributed by atoms with van der Waals surface area (Å²) in [6, 6.07) is 7.38. The van der Waals surface area contributed by atoms with Gasteiger partial charge in [0.15, 0.2) is 0 Å². The van der Waals surface area contributed by atoms with Gasteiger partial charge in [-0.15, -0.1) is 0 Å². The van der Waals surface area contributed by atoms with Gasteiger partial charge in [-0.05, 0) is 37.8 Å². The Balaban J connectivity index is 1.75. The van der Waals surface area contributed by atoms with Crippen LogP contribution in [0, 0.1) is 5.92 Å². The fraction of sp³-hybridized carbons (Fsp3) is 0.562. The van der Waals surface area contributed by atoms with E-state index in [9.17, 15) is 4.79 Å². The number of carbonyl (C=O) groups excluding carboxylic acids is 1. The quantitative estimate of drug-likeness (QED) is 0.770. The largest absolute Gasteiger partial charge is 0.492 e. The molecule has 21 heavy (non-hydrogen) atoms. The maximum absolute atomic E-state index is 12.0. The van der Waals surface area contributed by atoms with Crippen molar-refractivity contribution in [1.29, 1.82) is 0 Å². The zero-order valence-electron chi connectivity index (χ0n) is 12.5. The molecule has 1 amide bonds. The molecule has 0 unspecified atom stereocenters. The van der Waals surface area contributed by atoms with Crippen LogP contribution < -0.4 is 15.8 Å². The van der Waals surface area contributed by atoms with Gasteiger partial charge in [-0.3, -0.25) is 4.79 Å². The molecule has 1 fully saturated rings. The molecule has 1 saturated carbocycles. The molecule has 0 aliphatic heterocycles. The van der Waals surface area contributed by atoms with E-state index in [2.05, 4.69) is 5.32 Å². The Kier molecular flexibility index (Phi) is 6.02. The molecular formula is C16H24N2O3. The van der Waals surface area contributed by atoms with Crippen LogP contribution in [0.25, 0.3) is 0 Å². The molecule has 2 rings (SSSR count). The zero-order valence-corrected chi connectivity index (χ0v) is 12.5. The van der Waals surface area contributed by atoms with Crippen molar-refractivity contribution in [3.8, 4) is 5.75 Å². The zero-order chi connectivity index (χ0) is 15.1. The van der Waals surface area contributed by atoms with Gasteiger partial charge in [-0.2, -0.15) is 0 Å². The number of hydrogen-bond donors (Lipinski definition) is 2. The average Bonchev–Trinajstić information content (AvgIpc) is 2.43. The highest BCUT2D eigenvalue weighted by atomic mass is 16.5. The Bertz CT molecular complexity index is 459. The lowest BCUT2D eigenvalue weighted by atomic mass is 9.80. The number of nitrogens with two attached hydrogens (primary N) is 1. The van der Waals surface area contributed by atoms with Gasteiger partial charge in [0.1, 0.15) is 12.4 Å². The molecule has 0 atom stereocenters. The highest BCUT2D eigenvalue weighted by molar-refractivity contribution is 5.91. The van der Waals surface area contributed by atoms with E-state index in [1.165, 1.54) is 0 Å².